The van der Waals surface area contributed by atoms with Gasteiger partial charge in [0.25, 0.3) is 0 Å². The third-order valence-electron chi connectivity index (χ3n) is 5.59. The maximum Gasteiger partial charge on any atom is 0.0178 e. The third kappa shape index (κ3) is 2.16. The second-order valence-corrected chi connectivity index (χ2v) is 6.97. The van der Waals surface area contributed by atoms with E-state index in [0.717, 1.165) is 5.92 Å². The van der Waals surface area contributed by atoms with Crippen LogP contribution in [0, 0.1) is 5.92 Å². The molecule has 3 aromatic rings. The van der Waals surface area contributed by atoms with E-state index in [1.54, 1.807) is 0 Å². The Kier molecular flexibility index (Phi) is 3.19. The molecule has 118 valence electrons. The summed E-state index contributed by atoms with van der Waals surface area (Å²) in [5.41, 5.74) is 5.68. The predicted molar refractivity (Wildman–Crippen MR) is 102 cm³/mol. The minimum absolute atomic E-state index is 0.721. The van der Waals surface area contributed by atoms with Crippen molar-refractivity contribution in [3.63, 3.8) is 0 Å². The molecule has 0 radical (unpaired) electrons. The molecule has 0 N–H and O–H groups in total. The summed E-state index contributed by atoms with van der Waals surface area (Å²) in [6, 6.07) is 24.3. The number of piperidine rings is 1. The van der Waals surface area contributed by atoms with Crippen molar-refractivity contribution in [2.24, 2.45) is 5.92 Å². The van der Waals surface area contributed by atoms with Crippen molar-refractivity contribution < 1.29 is 0 Å². The predicted octanol–water partition coefficient (Wildman–Crippen LogP) is 5.57. The first-order chi connectivity index (χ1) is 11.9. The summed E-state index contributed by atoms with van der Waals surface area (Å²) in [7, 11) is 0. The molecule has 2 bridgehead atoms. The topological polar surface area (TPSA) is 3.24 Å². The van der Waals surface area contributed by atoms with Crippen LogP contribution in [0.3, 0.4) is 0 Å². The Labute approximate surface area is 143 Å². The Morgan fingerprint density at radius 1 is 0.750 bits per heavy atom. The van der Waals surface area contributed by atoms with E-state index in [-0.39, 0.29) is 0 Å². The molecule has 0 spiro atoms. The lowest BCUT2D eigenvalue weighted by Crippen LogP contribution is -2.35. The molecular weight excluding hydrogens is 290 g/mol. The van der Waals surface area contributed by atoms with Crippen LogP contribution in [0.1, 0.15) is 18.4 Å². The second-order valence-electron chi connectivity index (χ2n) is 6.97. The first-order valence-electron chi connectivity index (χ1n) is 8.93. The van der Waals surface area contributed by atoms with Gasteiger partial charge in [0.15, 0.2) is 0 Å². The lowest BCUT2D eigenvalue weighted by molar-refractivity contribution is 0.252. The van der Waals surface area contributed by atoms with Gasteiger partial charge in [-0.2, -0.15) is 0 Å². The molecule has 0 aliphatic carbocycles. The molecule has 0 saturated carbocycles. The highest BCUT2D eigenvalue weighted by Crippen LogP contribution is 2.43. The molecule has 0 unspecified atom stereocenters. The van der Waals surface area contributed by atoms with Gasteiger partial charge in [-0.1, -0.05) is 66.7 Å². The first kappa shape index (κ1) is 13.9. The highest BCUT2D eigenvalue weighted by Gasteiger charge is 2.29. The van der Waals surface area contributed by atoms with E-state index < -0.39 is 0 Å². The zero-order chi connectivity index (χ0) is 15.9. The van der Waals surface area contributed by atoms with Gasteiger partial charge in [0.2, 0.25) is 0 Å². The fourth-order valence-electron chi connectivity index (χ4n) is 4.36. The van der Waals surface area contributed by atoms with Gasteiger partial charge in [0, 0.05) is 19.3 Å². The van der Waals surface area contributed by atoms with Crippen LogP contribution in [0.25, 0.3) is 27.5 Å². The highest BCUT2D eigenvalue weighted by atomic mass is 15.1. The van der Waals surface area contributed by atoms with E-state index in [9.17, 15) is 0 Å². The van der Waals surface area contributed by atoms with Crippen molar-refractivity contribution in [1.29, 1.82) is 0 Å². The Morgan fingerprint density at radius 3 is 2.25 bits per heavy atom. The molecule has 0 atom stereocenters. The number of benzene rings is 3. The van der Waals surface area contributed by atoms with E-state index in [4.69, 9.17) is 0 Å². The van der Waals surface area contributed by atoms with Crippen molar-refractivity contribution in [1.82, 2.24) is 4.90 Å². The first-order valence-corrected chi connectivity index (χ1v) is 8.93. The summed E-state index contributed by atoms with van der Waals surface area (Å²) >= 11 is 0. The third-order valence-corrected chi connectivity index (χ3v) is 5.59. The summed E-state index contributed by atoms with van der Waals surface area (Å²) in [5, 5.41) is 2.68. The largest absolute Gasteiger partial charge is 0.377 e. The van der Waals surface area contributed by atoms with Crippen molar-refractivity contribution >= 4 is 16.3 Å². The number of hydrogen-bond acceptors (Lipinski definition) is 1. The average molecular weight is 311 g/mol. The fraction of sp³-hybridized carbons (Fsp3) is 0.217. The van der Waals surface area contributed by atoms with Gasteiger partial charge in [0.1, 0.15) is 0 Å². The van der Waals surface area contributed by atoms with Crippen molar-refractivity contribution in [2.45, 2.75) is 12.8 Å². The molecule has 1 fully saturated rings. The Bertz CT molecular complexity index is 915. The molecule has 3 aliphatic rings. The van der Waals surface area contributed by atoms with Crippen LogP contribution in [-0.4, -0.2) is 18.0 Å². The van der Waals surface area contributed by atoms with Crippen molar-refractivity contribution in [3.05, 3.63) is 78.5 Å². The van der Waals surface area contributed by atoms with Gasteiger partial charge in [-0.3, -0.25) is 0 Å². The van der Waals surface area contributed by atoms with Crippen LogP contribution in [0.2, 0.25) is 0 Å². The summed E-state index contributed by atoms with van der Waals surface area (Å²) in [5.74, 6) is 0.721. The molecule has 6 rings (SSSR count). The van der Waals surface area contributed by atoms with E-state index in [2.05, 4.69) is 77.8 Å². The van der Waals surface area contributed by atoms with E-state index in [1.807, 2.05) is 0 Å². The van der Waals surface area contributed by atoms with Gasteiger partial charge < -0.3 is 4.90 Å². The second kappa shape index (κ2) is 5.52. The van der Waals surface area contributed by atoms with Crippen molar-refractivity contribution in [2.75, 3.05) is 13.1 Å². The standard InChI is InChI=1S/C23H21N/c1-2-7-19(8-3-1)23-20-9-5-4-6-17(20)10-11-21(23)22-16-24-14-12-18(22)13-15-24/h1-11,16,18H,12-15H2. The van der Waals surface area contributed by atoms with Crippen molar-refractivity contribution in [3.8, 4) is 11.1 Å². The van der Waals surface area contributed by atoms with E-state index >= 15 is 0 Å². The highest BCUT2D eigenvalue weighted by molar-refractivity contribution is 6.02. The molecule has 3 heterocycles. The number of fused-ring (bicyclic) bond motifs is 3. The minimum Gasteiger partial charge on any atom is -0.377 e. The maximum absolute atomic E-state index is 2.50. The lowest BCUT2D eigenvalue weighted by Gasteiger charge is -2.40. The Morgan fingerprint density at radius 2 is 1.50 bits per heavy atom. The smallest absolute Gasteiger partial charge is 0.0178 e. The minimum atomic E-state index is 0.721. The molecule has 1 heteroatoms. The SMILES string of the molecule is C1=C(c2ccc3ccccc3c2-c2ccccc2)C2CCN1CC2. The zero-order valence-corrected chi connectivity index (χ0v) is 13.8. The monoisotopic (exact) mass is 311 g/mol. The Hall–Kier alpha value is -2.54. The number of allylic oxidation sites excluding steroid dienone is 1. The molecule has 1 saturated heterocycles. The van der Waals surface area contributed by atoms with Crippen LogP contribution >= 0.6 is 0 Å². The van der Waals surface area contributed by atoms with E-state index in [0.29, 0.717) is 0 Å². The van der Waals surface area contributed by atoms with Gasteiger partial charge >= 0.3 is 0 Å². The van der Waals surface area contributed by atoms with Crippen LogP contribution < -0.4 is 0 Å². The van der Waals surface area contributed by atoms with Crippen LogP contribution in [0.15, 0.2) is 72.9 Å². The molecule has 0 aromatic heterocycles. The van der Waals surface area contributed by atoms with Gasteiger partial charge in [-0.15, -0.1) is 0 Å². The van der Waals surface area contributed by atoms with Gasteiger partial charge in [-0.05, 0) is 51.8 Å². The number of rotatable bonds is 2. The summed E-state index contributed by atoms with van der Waals surface area (Å²) < 4.78 is 0. The molecule has 3 aliphatic heterocycles. The summed E-state index contributed by atoms with van der Waals surface area (Å²) in [6.45, 7) is 2.45. The van der Waals surface area contributed by atoms with E-state index in [1.165, 1.54) is 59.0 Å². The number of nitrogens with zero attached hydrogens (tertiary/aromatic N) is 1. The molecular formula is C23H21N. The molecule has 24 heavy (non-hydrogen) atoms. The van der Waals surface area contributed by atoms with Crippen LogP contribution in [0.5, 0.6) is 0 Å². The Balaban J connectivity index is 1.80. The summed E-state index contributed by atoms with van der Waals surface area (Å²) in [6.07, 6.45) is 5.02. The fourth-order valence-corrected chi connectivity index (χ4v) is 4.36. The van der Waals surface area contributed by atoms with Gasteiger partial charge in [0.05, 0.1) is 0 Å². The molecule has 0 amide bonds. The average Bonchev–Trinajstić information content (AvgIpc) is 2.68. The molecule has 3 aromatic carbocycles. The zero-order valence-electron chi connectivity index (χ0n) is 13.8. The molecule has 1 nitrogen and oxygen atoms in total. The normalized spacial score (nSPS) is 17.3. The number of hydrogen-bond donors (Lipinski definition) is 0. The van der Waals surface area contributed by atoms with Crippen LogP contribution in [0.4, 0.5) is 0 Å². The lowest BCUT2D eigenvalue weighted by atomic mass is 9.79. The van der Waals surface area contributed by atoms with Gasteiger partial charge in [-0.25, -0.2) is 0 Å². The van der Waals surface area contributed by atoms with Crippen LogP contribution in [-0.2, 0) is 0 Å². The summed E-state index contributed by atoms with van der Waals surface area (Å²) in [4.78, 5) is 2.50. The quantitative estimate of drug-likeness (QED) is 0.597. The maximum atomic E-state index is 2.50.